The van der Waals surface area contributed by atoms with Gasteiger partial charge in [-0.1, -0.05) is 24.3 Å². The molecule has 9 heteroatoms. The highest BCUT2D eigenvalue weighted by molar-refractivity contribution is 6.39. The first-order valence-corrected chi connectivity index (χ1v) is 7.94. The molecule has 6 nitrogen and oxygen atoms in total. The normalized spacial score (nSPS) is 16.4. The molecule has 1 saturated heterocycles. The Hall–Kier alpha value is -3.62. The Morgan fingerprint density at radius 3 is 2.43 bits per heavy atom. The SMILES string of the molecule is COc1ccccc1C=C1C(=O)NC(=O)N(c2cccc(C(F)(F)F)c2)C1=O. The van der Waals surface area contributed by atoms with E-state index in [9.17, 15) is 27.6 Å². The van der Waals surface area contributed by atoms with E-state index in [1.165, 1.54) is 19.3 Å². The molecule has 1 N–H and O–H groups in total. The standard InChI is InChI=1S/C19H13F3N2O4/c1-28-15-8-3-2-5-11(15)9-14-16(25)23-18(27)24(17(14)26)13-7-4-6-12(10-13)19(20,21)22/h2-10H,1H3,(H,23,25,27). The van der Waals surface area contributed by atoms with Crippen molar-refractivity contribution in [2.24, 2.45) is 0 Å². The van der Waals surface area contributed by atoms with Crippen molar-refractivity contribution in [1.29, 1.82) is 0 Å². The number of para-hydroxylation sites is 1. The maximum Gasteiger partial charge on any atom is 0.416 e. The Kier molecular flexibility index (Phi) is 4.91. The number of imide groups is 2. The number of carbonyl (C=O) groups excluding carboxylic acids is 3. The Balaban J connectivity index is 2.05. The van der Waals surface area contributed by atoms with Gasteiger partial charge >= 0.3 is 12.2 Å². The van der Waals surface area contributed by atoms with Crippen molar-refractivity contribution in [3.8, 4) is 5.75 Å². The second kappa shape index (κ2) is 7.18. The van der Waals surface area contributed by atoms with Crippen molar-refractivity contribution < 1.29 is 32.3 Å². The van der Waals surface area contributed by atoms with Crippen LogP contribution in [0.2, 0.25) is 0 Å². The lowest BCUT2D eigenvalue weighted by Crippen LogP contribution is -2.54. The molecule has 144 valence electrons. The Bertz CT molecular complexity index is 999. The molecule has 28 heavy (non-hydrogen) atoms. The smallest absolute Gasteiger partial charge is 0.416 e. The number of barbiturate groups is 1. The summed E-state index contributed by atoms with van der Waals surface area (Å²) < 4.78 is 44.0. The Labute approximate surface area is 157 Å². The highest BCUT2D eigenvalue weighted by atomic mass is 19.4. The number of anilines is 1. The van der Waals surface area contributed by atoms with Gasteiger partial charge in [0.25, 0.3) is 11.8 Å². The molecule has 3 rings (SSSR count). The van der Waals surface area contributed by atoms with Gasteiger partial charge in [0.15, 0.2) is 0 Å². The molecule has 0 atom stereocenters. The minimum absolute atomic E-state index is 0.309. The number of alkyl halides is 3. The van der Waals surface area contributed by atoms with Crippen molar-refractivity contribution >= 4 is 29.6 Å². The highest BCUT2D eigenvalue weighted by Crippen LogP contribution is 2.33. The average Bonchev–Trinajstić information content (AvgIpc) is 2.65. The number of carbonyl (C=O) groups is 3. The zero-order valence-electron chi connectivity index (χ0n) is 14.4. The van der Waals surface area contributed by atoms with Crippen LogP contribution in [0.3, 0.4) is 0 Å². The number of methoxy groups -OCH3 is 1. The maximum absolute atomic E-state index is 13.0. The van der Waals surface area contributed by atoms with Crippen LogP contribution >= 0.6 is 0 Å². The summed E-state index contributed by atoms with van der Waals surface area (Å²) >= 11 is 0. The van der Waals surface area contributed by atoms with E-state index >= 15 is 0 Å². The minimum atomic E-state index is -4.66. The summed E-state index contributed by atoms with van der Waals surface area (Å²) in [4.78, 5) is 37.5. The van der Waals surface area contributed by atoms with Gasteiger partial charge in [-0.05, 0) is 30.3 Å². The molecule has 0 aromatic heterocycles. The minimum Gasteiger partial charge on any atom is -0.496 e. The van der Waals surface area contributed by atoms with Crippen LogP contribution in [0.4, 0.5) is 23.7 Å². The van der Waals surface area contributed by atoms with Crippen molar-refractivity contribution in [3.63, 3.8) is 0 Å². The molecule has 1 aliphatic rings. The molecule has 0 spiro atoms. The number of nitrogens with zero attached hydrogens (tertiary/aromatic N) is 1. The van der Waals surface area contributed by atoms with E-state index < -0.39 is 35.2 Å². The number of hydrogen-bond acceptors (Lipinski definition) is 4. The van der Waals surface area contributed by atoms with Gasteiger partial charge in [-0.3, -0.25) is 14.9 Å². The number of amides is 4. The number of rotatable bonds is 3. The molecule has 1 heterocycles. The van der Waals surface area contributed by atoms with Crippen LogP contribution in [0.25, 0.3) is 6.08 Å². The van der Waals surface area contributed by atoms with Gasteiger partial charge in [0, 0.05) is 5.56 Å². The molecule has 0 aliphatic carbocycles. The lowest BCUT2D eigenvalue weighted by atomic mass is 10.1. The zero-order chi connectivity index (χ0) is 20.5. The third kappa shape index (κ3) is 3.59. The zero-order valence-corrected chi connectivity index (χ0v) is 14.4. The highest BCUT2D eigenvalue weighted by Gasteiger charge is 2.38. The van der Waals surface area contributed by atoms with Crippen molar-refractivity contribution in [1.82, 2.24) is 5.32 Å². The van der Waals surface area contributed by atoms with E-state index in [1.54, 1.807) is 24.3 Å². The van der Waals surface area contributed by atoms with Crippen LogP contribution < -0.4 is 15.0 Å². The molecular formula is C19H13F3N2O4. The summed E-state index contributed by atoms with van der Waals surface area (Å²) in [6, 6.07) is 9.09. The summed E-state index contributed by atoms with van der Waals surface area (Å²) in [6.07, 6.45) is -3.44. The molecule has 4 amide bonds. The molecular weight excluding hydrogens is 377 g/mol. The van der Waals surface area contributed by atoms with Crippen LogP contribution in [0.15, 0.2) is 54.1 Å². The number of urea groups is 1. The fourth-order valence-corrected chi connectivity index (χ4v) is 2.65. The topological polar surface area (TPSA) is 75.7 Å². The first kappa shape index (κ1) is 19.2. The quantitative estimate of drug-likeness (QED) is 0.644. The van der Waals surface area contributed by atoms with E-state index in [-0.39, 0.29) is 5.69 Å². The van der Waals surface area contributed by atoms with Crippen molar-refractivity contribution in [3.05, 3.63) is 65.2 Å². The van der Waals surface area contributed by atoms with Crippen LogP contribution in [0.5, 0.6) is 5.75 Å². The molecule has 0 radical (unpaired) electrons. The molecule has 1 fully saturated rings. The first-order chi connectivity index (χ1) is 13.2. The van der Waals surface area contributed by atoms with E-state index in [1.807, 2.05) is 5.32 Å². The molecule has 0 bridgehead atoms. The van der Waals surface area contributed by atoms with E-state index in [0.29, 0.717) is 22.3 Å². The monoisotopic (exact) mass is 390 g/mol. The predicted molar refractivity (Wildman–Crippen MR) is 93.4 cm³/mol. The lowest BCUT2D eigenvalue weighted by molar-refractivity contribution is -0.137. The second-order valence-corrected chi connectivity index (χ2v) is 5.75. The fourth-order valence-electron chi connectivity index (χ4n) is 2.65. The molecule has 0 unspecified atom stereocenters. The number of halogens is 3. The third-order valence-corrected chi connectivity index (χ3v) is 3.97. The van der Waals surface area contributed by atoms with Crippen molar-refractivity contribution in [2.75, 3.05) is 12.0 Å². The van der Waals surface area contributed by atoms with Crippen LogP contribution in [-0.2, 0) is 15.8 Å². The molecule has 0 saturated carbocycles. The van der Waals surface area contributed by atoms with Crippen molar-refractivity contribution in [2.45, 2.75) is 6.18 Å². The average molecular weight is 390 g/mol. The van der Waals surface area contributed by atoms with Gasteiger partial charge in [-0.2, -0.15) is 13.2 Å². The largest absolute Gasteiger partial charge is 0.496 e. The first-order valence-electron chi connectivity index (χ1n) is 7.94. The van der Waals surface area contributed by atoms with Gasteiger partial charge < -0.3 is 4.74 Å². The summed E-state index contributed by atoms with van der Waals surface area (Å²) in [7, 11) is 1.40. The summed E-state index contributed by atoms with van der Waals surface area (Å²) in [5.41, 5.74) is -1.36. The number of ether oxygens (including phenoxy) is 1. The summed E-state index contributed by atoms with van der Waals surface area (Å²) in [6.45, 7) is 0. The van der Waals surface area contributed by atoms with Gasteiger partial charge in [-0.25, -0.2) is 9.69 Å². The van der Waals surface area contributed by atoms with E-state index in [0.717, 1.165) is 12.1 Å². The van der Waals surface area contributed by atoms with E-state index in [4.69, 9.17) is 4.74 Å². The molecule has 2 aromatic rings. The predicted octanol–water partition coefficient (Wildman–Crippen LogP) is 3.38. The van der Waals surface area contributed by atoms with Gasteiger partial charge in [-0.15, -0.1) is 0 Å². The maximum atomic E-state index is 13.0. The lowest BCUT2D eigenvalue weighted by Gasteiger charge is -2.27. The Morgan fingerprint density at radius 2 is 1.75 bits per heavy atom. The van der Waals surface area contributed by atoms with Gasteiger partial charge in [0.05, 0.1) is 18.4 Å². The van der Waals surface area contributed by atoms with Crippen LogP contribution in [-0.4, -0.2) is 25.0 Å². The third-order valence-electron chi connectivity index (χ3n) is 3.97. The summed E-state index contributed by atoms with van der Waals surface area (Å²) in [5, 5.41) is 1.96. The summed E-state index contributed by atoms with van der Waals surface area (Å²) in [5.74, 6) is -1.62. The molecule has 2 aromatic carbocycles. The van der Waals surface area contributed by atoms with Gasteiger partial charge in [0.1, 0.15) is 11.3 Å². The number of benzene rings is 2. The number of hydrogen-bond donors (Lipinski definition) is 1. The molecule has 1 aliphatic heterocycles. The van der Waals surface area contributed by atoms with Crippen LogP contribution in [0, 0.1) is 0 Å². The fraction of sp³-hybridized carbons (Fsp3) is 0.105. The van der Waals surface area contributed by atoms with Gasteiger partial charge in [0.2, 0.25) is 0 Å². The number of nitrogens with one attached hydrogen (secondary N) is 1. The van der Waals surface area contributed by atoms with E-state index in [2.05, 4.69) is 0 Å². The van der Waals surface area contributed by atoms with Crippen LogP contribution in [0.1, 0.15) is 11.1 Å². The second-order valence-electron chi connectivity index (χ2n) is 5.75. The Morgan fingerprint density at radius 1 is 1.04 bits per heavy atom.